The fraction of sp³-hybridized carbons (Fsp3) is 0.575. The first-order chi connectivity index (χ1) is 48.9. The Bertz CT molecular complexity index is 2960. The number of esters is 2. The van der Waals surface area contributed by atoms with Crippen LogP contribution in [0, 0.1) is 11.8 Å². The van der Waals surface area contributed by atoms with E-state index in [9.17, 15) is 47.9 Å². The van der Waals surface area contributed by atoms with E-state index in [1.54, 1.807) is 83.1 Å². The van der Waals surface area contributed by atoms with Crippen molar-refractivity contribution < 1.29 is 77.1 Å². The molecule has 0 heterocycles. The molecule has 4 aromatic rings. The summed E-state index contributed by atoms with van der Waals surface area (Å²) in [6, 6.07) is 35.5. The predicted octanol–water partition coefficient (Wildman–Crippen LogP) is 10.0. The molecule has 0 bridgehead atoms. The fourth-order valence-electron chi connectivity index (χ4n) is 10.7. The third-order valence-corrected chi connectivity index (χ3v) is 15.6. The van der Waals surface area contributed by atoms with Crippen molar-refractivity contribution in [3.63, 3.8) is 0 Å². The number of aliphatic hydroxyl groups is 2. The summed E-state index contributed by atoms with van der Waals surface area (Å²) >= 11 is 0. The van der Waals surface area contributed by atoms with Crippen LogP contribution >= 0.6 is 0 Å². The van der Waals surface area contributed by atoms with Crippen LogP contribution in [0.4, 0.5) is 9.59 Å². The van der Waals surface area contributed by atoms with Crippen molar-refractivity contribution in [1.29, 1.82) is 0 Å². The number of rotatable bonds is 38. The van der Waals surface area contributed by atoms with Gasteiger partial charge < -0.3 is 71.7 Å². The number of carbonyl (C=O) groups excluding carboxylic acids is 10. The normalized spacial score (nSPS) is 13.0. The molecular formula is C80H124N8O16. The van der Waals surface area contributed by atoms with E-state index >= 15 is 0 Å². The molecule has 0 aromatic heterocycles. The standard InChI is InChI=1S/2C39H58N4O7.2CH4O/c2*1-9-49-34(45)23-21-30(25-28-16-12-10-13-17-28)40-35(46)32(24-27(2)3)42-33(44)22-20-31(26-29-18-14-11-15-19-29)41-36(47)39(7,8)43-37(48)50-38(4,5)6;2*1-2/h2*10-19,27,30-32H,9,20-26H2,1-8H3,(H,40,46)(H,41,47)(H,42,44)(H,43,48);2*2H,1H3/t2*30-,31-,32+;;/m11../s1. The van der Waals surface area contributed by atoms with Crippen LogP contribution in [-0.2, 0) is 83.0 Å². The Kier molecular flexibility index (Phi) is 43.8. The third kappa shape index (κ3) is 42.0. The number of hydrogen-bond donors (Lipinski definition) is 10. The Morgan fingerprint density at radius 2 is 0.615 bits per heavy atom. The molecule has 0 radical (unpaired) electrons. The van der Waals surface area contributed by atoms with E-state index in [4.69, 9.17) is 29.2 Å². The van der Waals surface area contributed by atoms with E-state index in [-0.39, 0.29) is 98.4 Å². The monoisotopic (exact) mass is 1450 g/mol. The van der Waals surface area contributed by atoms with E-state index < -0.39 is 70.4 Å². The molecule has 0 spiro atoms. The predicted molar refractivity (Wildman–Crippen MR) is 404 cm³/mol. The van der Waals surface area contributed by atoms with E-state index in [0.717, 1.165) is 36.5 Å². The van der Waals surface area contributed by atoms with Gasteiger partial charge in [-0.2, -0.15) is 0 Å². The van der Waals surface area contributed by atoms with Crippen molar-refractivity contribution >= 4 is 59.6 Å². The van der Waals surface area contributed by atoms with Gasteiger partial charge in [-0.05, 0) is 181 Å². The third-order valence-electron chi connectivity index (χ3n) is 15.6. The molecular weight excluding hydrogens is 1330 g/mol. The van der Waals surface area contributed by atoms with E-state index in [0.29, 0.717) is 64.2 Å². The number of aliphatic hydroxyl groups excluding tert-OH is 2. The van der Waals surface area contributed by atoms with Gasteiger partial charge in [0.1, 0.15) is 34.4 Å². The summed E-state index contributed by atoms with van der Waals surface area (Å²) in [4.78, 5) is 130. The summed E-state index contributed by atoms with van der Waals surface area (Å²) in [5, 5.41) is 37.3. The van der Waals surface area contributed by atoms with E-state index in [1.165, 1.54) is 0 Å². The number of hydrogen-bond acceptors (Lipinski definition) is 16. The zero-order valence-electron chi connectivity index (χ0n) is 65.1. The largest absolute Gasteiger partial charge is 0.466 e. The first kappa shape index (κ1) is 93.1. The van der Waals surface area contributed by atoms with Gasteiger partial charge in [-0.15, -0.1) is 0 Å². The average Bonchev–Trinajstić information content (AvgIpc) is 0.851. The van der Waals surface area contributed by atoms with Gasteiger partial charge in [0.2, 0.25) is 35.4 Å². The number of nitrogens with one attached hydrogen (secondary N) is 8. The second-order valence-electron chi connectivity index (χ2n) is 29.3. The lowest BCUT2D eigenvalue weighted by molar-refractivity contribution is -0.144. The summed E-state index contributed by atoms with van der Waals surface area (Å²) < 4.78 is 20.9. The zero-order valence-corrected chi connectivity index (χ0v) is 65.1. The molecule has 8 amide bonds. The zero-order chi connectivity index (χ0) is 78.6. The molecule has 0 saturated heterocycles. The lowest BCUT2D eigenvalue weighted by atomic mass is 9.98. The van der Waals surface area contributed by atoms with Crippen LogP contribution in [0.3, 0.4) is 0 Å². The minimum Gasteiger partial charge on any atom is -0.466 e. The molecule has 0 aliphatic carbocycles. The number of carbonyl (C=O) groups is 10. The number of ether oxygens (including phenoxy) is 4. The maximum absolute atomic E-state index is 13.7. The molecule has 0 unspecified atom stereocenters. The van der Waals surface area contributed by atoms with Crippen molar-refractivity contribution in [2.24, 2.45) is 11.8 Å². The van der Waals surface area contributed by atoms with E-state index in [2.05, 4.69) is 42.5 Å². The average molecular weight is 1450 g/mol. The van der Waals surface area contributed by atoms with Crippen molar-refractivity contribution in [2.75, 3.05) is 27.4 Å². The van der Waals surface area contributed by atoms with Gasteiger partial charge in [0.05, 0.1) is 13.2 Å². The quantitative estimate of drug-likeness (QED) is 0.0147. The molecule has 4 aromatic carbocycles. The van der Waals surface area contributed by atoms with Crippen molar-refractivity contribution in [3.8, 4) is 0 Å². The van der Waals surface area contributed by atoms with Gasteiger partial charge >= 0.3 is 24.1 Å². The maximum atomic E-state index is 13.7. The van der Waals surface area contributed by atoms with Gasteiger partial charge in [0.25, 0.3) is 0 Å². The highest BCUT2D eigenvalue weighted by Crippen LogP contribution is 2.19. The Hall–Kier alpha value is -8.90. The summed E-state index contributed by atoms with van der Waals surface area (Å²) in [6.07, 6.45) is 3.16. The van der Waals surface area contributed by atoms with Gasteiger partial charge in [0, 0.05) is 64.1 Å². The molecule has 10 N–H and O–H groups in total. The van der Waals surface area contributed by atoms with Crippen molar-refractivity contribution in [2.45, 2.75) is 259 Å². The summed E-state index contributed by atoms with van der Waals surface area (Å²) in [7, 11) is 2.00. The summed E-state index contributed by atoms with van der Waals surface area (Å²) in [5.41, 5.74) is -0.0525. The summed E-state index contributed by atoms with van der Waals surface area (Å²) in [6.45, 7) is 28.8. The number of benzene rings is 4. The Morgan fingerprint density at radius 1 is 0.365 bits per heavy atom. The number of alkyl carbamates (subject to hydrolysis) is 2. The highest BCUT2D eigenvalue weighted by atomic mass is 16.6. The molecule has 6 atom stereocenters. The number of amides is 8. The molecule has 104 heavy (non-hydrogen) atoms. The lowest BCUT2D eigenvalue weighted by Gasteiger charge is -2.30. The van der Waals surface area contributed by atoms with Crippen LogP contribution in [0.15, 0.2) is 121 Å². The maximum Gasteiger partial charge on any atom is 0.408 e. The lowest BCUT2D eigenvalue weighted by Crippen LogP contribution is -2.57. The van der Waals surface area contributed by atoms with Crippen LogP contribution in [0.5, 0.6) is 0 Å². The van der Waals surface area contributed by atoms with Crippen molar-refractivity contribution in [1.82, 2.24) is 42.5 Å². The van der Waals surface area contributed by atoms with Crippen molar-refractivity contribution in [3.05, 3.63) is 144 Å². The molecule has 24 heteroatoms. The van der Waals surface area contributed by atoms with Crippen LogP contribution in [0.2, 0.25) is 0 Å². The van der Waals surface area contributed by atoms with Gasteiger partial charge in [0.15, 0.2) is 0 Å². The molecule has 580 valence electrons. The van der Waals surface area contributed by atoms with Gasteiger partial charge in [-0.1, -0.05) is 149 Å². The Balaban J connectivity index is 0.000000992. The van der Waals surface area contributed by atoms with E-state index in [1.807, 2.05) is 149 Å². The topological polar surface area (TPSA) is 344 Å². The SMILES string of the molecule is CCOC(=O)CC[C@H](Cc1ccccc1)NC(=O)[C@H](CC(C)C)NC(=O)CC[C@H](Cc1ccccc1)NC(=O)C(C)(C)NC(=O)OC(C)(C)C.CCOC(=O)CC[C@H](Cc1ccccc1)NC(=O)[C@H](CC(C)C)NC(=O)CC[C@H](Cc1ccccc1)NC(=O)C(C)(C)NC(=O)OC(C)(C)C.CO.CO. The molecule has 0 aliphatic heterocycles. The summed E-state index contributed by atoms with van der Waals surface area (Å²) in [5.74, 6) is -2.55. The first-order valence-corrected chi connectivity index (χ1v) is 36.1. The molecule has 0 saturated carbocycles. The Labute approximate surface area is 618 Å². The smallest absolute Gasteiger partial charge is 0.408 e. The highest BCUT2D eigenvalue weighted by molar-refractivity contribution is 5.91. The van der Waals surface area contributed by atoms with Gasteiger partial charge in [-0.25, -0.2) is 9.59 Å². The van der Waals surface area contributed by atoms with Crippen LogP contribution in [0.25, 0.3) is 0 Å². The molecule has 24 nitrogen and oxygen atoms in total. The highest BCUT2D eigenvalue weighted by Gasteiger charge is 2.36. The van der Waals surface area contributed by atoms with Crippen LogP contribution < -0.4 is 42.5 Å². The minimum absolute atomic E-state index is 0.0515. The van der Waals surface area contributed by atoms with Crippen LogP contribution in [0.1, 0.15) is 197 Å². The Morgan fingerprint density at radius 3 is 0.856 bits per heavy atom. The molecule has 0 fully saturated rings. The fourth-order valence-corrected chi connectivity index (χ4v) is 10.7. The molecule has 4 rings (SSSR count). The van der Waals surface area contributed by atoms with Gasteiger partial charge in [-0.3, -0.25) is 38.4 Å². The second-order valence-corrected chi connectivity index (χ2v) is 29.3. The second kappa shape index (κ2) is 48.9. The molecule has 0 aliphatic rings. The van der Waals surface area contributed by atoms with Crippen LogP contribution in [-0.4, -0.2) is 156 Å². The first-order valence-electron chi connectivity index (χ1n) is 36.1. The minimum atomic E-state index is -1.29.